The molecular weight excluding hydrogens is 450 g/mol. The first-order chi connectivity index (χ1) is 17.0. The first-order valence-corrected chi connectivity index (χ1v) is 11.8. The number of hydrogen-bond acceptors (Lipinski definition) is 6. The highest BCUT2D eigenvalue weighted by Crippen LogP contribution is 2.30. The highest BCUT2D eigenvalue weighted by atomic mass is 19.1. The van der Waals surface area contributed by atoms with Crippen molar-refractivity contribution in [2.45, 2.75) is 32.7 Å². The van der Waals surface area contributed by atoms with Crippen LogP contribution >= 0.6 is 0 Å². The van der Waals surface area contributed by atoms with Gasteiger partial charge in [0.2, 0.25) is 0 Å². The van der Waals surface area contributed by atoms with Gasteiger partial charge < -0.3 is 0 Å². The van der Waals surface area contributed by atoms with Gasteiger partial charge in [-0.1, -0.05) is 13.8 Å². The lowest BCUT2D eigenvalue weighted by atomic mass is 10.0. The molecule has 4 aromatic heterocycles. The van der Waals surface area contributed by atoms with Crippen molar-refractivity contribution in [2.75, 3.05) is 19.6 Å². The number of hydrogen-bond donors (Lipinski definition) is 0. The van der Waals surface area contributed by atoms with E-state index in [1.807, 2.05) is 23.9 Å². The largest absolute Gasteiger partial charge is 0.299 e. The van der Waals surface area contributed by atoms with Crippen LogP contribution < -0.4 is 0 Å². The second-order valence-electron chi connectivity index (χ2n) is 8.90. The Morgan fingerprint density at radius 1 is 1.03 bits per heavy atom. The lowest BCUT2D eigenvalue weighted by Gasteiger charge is -2.38. The maximum atomic E-state index is 15.7. The van der Waals surface area contributed by atoms with Crippen LogP contribution in [0.25, 0.3) is 27.7 Å². The first kappa shape index (κ1) is 21.7. The second-order valence-corrected chi connectivity index (χ2v) is 8.90. The van der Waals surface area contributed by atoms with Gasteiger partial charge in [0, 0.05) is 60.0 Å². The van der Waals surface area contributed by atoms with Gasteiger partial charge in [-0.25, -0.2) is 8.78 Å². The summed E-state index contributed by atoms with van der Waals surface area (Å²) in [6.07, 6.45) is 6.01. The molecule has 35 heavy (non-hydrogen) atoms. The molecule has 1 aromatic carbocycles. The number of benzene rings is 1. The lowest BCUT2D eigenvalue weighted by molar-refractivity contribution is 0.105. The van der Waals surface area contributed by atoms with Crippen LogP contribution in [0.2, 0.25) is 0 Å². The van der Waals surface area contributed by atoms with E-state index in [9.17, 15) is 4.39 Å². The molecule has 0 spiro atoms. The minimum Gasteiger partial charge on any atom is -0.299 e. The van der Waals surface area contributed by atoms with Crippen molar-refractivity contribution in [3.8, 4) is 11.1 Å². The number of aryl methyl sites for hydroxylation is 1. The summed E-state index contributed by atoms with van der Waals surface area (Å²) in [5.74, 6) is -0.945. The number of likely N-dealkylation sites (tertiary alicyclic amines) is 1. The molecule has 8 nitrogen and oxygen atoms in total. The van der Waals surface area contributed by atoms with Gasteiger partial charge in [0.25, 0.3) is 0 Å². The van der Waals surface area contributed by atoms with Gasteiger partial charge in [-0.05, 0) is 31.2 Å². The normalized spacial score (nSPS) is 14.7. The summed E-state index contributed by atoms with van der Waals surface area (Å²) >= 11 is 0. The van der Waals surface area contributed by atoms with Crippen LogP contribution in [0.15, 0.2) is 42.9 Å². The average Bonchev–Trinajstić information content (AvgIpc) is 3.48. The van der Waals surface area contributed by atoms with E-state index in [2.05, 4.69) is 37.2 Å². The molecule has 0 unspecified atom stereocenters. The Labute approximate surface area is 200 Å². The minimum absolute atomic E-state index is 0.0767. The Kier molecular flexibility index (Phi) is 5.25. The van der Waals surface area contributed by atoms with Crippen molar-refractivity contribution < 1.29 is 8.78 Å². The van der Waals surface area contributed by atoms with Gasteiger partial charge in [0.1, 0.15) is 11.6 Å². The van der Waals surface area contributed by atoms with Gasteiger partial charge in [-0.2, -0.15) is 14.7 Å². The molecule has 0 aliphatic carbocycles. The third-order valence-electron chi connectivity index (χ3n) is 6.75. The topological polar surface area (TPSA) is 77.0 Å². The Morgan fingerprint density at radius 3 is 2.69 bits per heavy atom. The molecule has 0 N–H and O–H groups in total. The highest BCUT2D eigenvalue weighted by Gasteiger charge is 2.27. The van der Waals surface area contributed by atoms with Gasteiger partial charge in [-0.15, -0.1) is 10.2 Å². The third kappa shape index (κ3) is 3.74. The molecular formula is C25H24F2N8. The first-order valence-electron chi connectivity index (χ1n) is 11.8. The third-order valence-corrected chi connectivity index (χ3v) is 6.75. The van der Waals surface area contributed by atoms with Crippen LogP contribution in [0.1, 0.15) is 37.0 Å². The monoisotopic (exact) mass is 474 g/mol. The van der Waals surface area contributed by atoms with E-state index in [-0.39, 0.29) is 22.9 Å². The Hall–Kier alpha value is -3.79. The molecule has 1 fully saturated rings. The Balaban J connectivity index is 1.35. The Bertz CT molecular complexity index is 1550. The predicted molar refractivity (Wildman–Crippen MR) is 127 cm³/mol. The maximum Gasteiger partial charge on any atom is 0.177 e. The summed E-state index contributed by atoms with van der Waals surface area (Å²) in [6.45, 7) is 7.09. The molecule has 1 aliphatic rings. The molecule has 178 valence electrons. The van der Waals surface area contributed by atoms with Crippen molar-refractivity contribution in [1.82, 2.24) is 39.5 Å². The zero-order valence-electron chi connectivity index (χ0n) is 19.5. The molecule has 0 radical (unpaired) electrons. The summed E-state index contributed by atoms with van der Waals surface area (Å²) < 4.78 is 34.1. The number of fused-ring (bicyclic) bond motifs is 2. The van der Waals surface area contributed by atoms with Crippen molar-refractivity contribution in [3.63, 3.8) is 0 Å². The summed E-state index contributed by atoms with van der Waals surface area (Å²) in [4.78, 5) is 6.67. The smallest absolute Gasteiger partial charge is 0.177 e. The molecule has 0 amide bonds. The fraction of sp³-hybridized carbons (Fsp3) is 0.320. The van der Waals surface area contributed by atoms with E-state index < -0.39 is 11.6 Å². The van der Waals surface area contributed by atoms with Gasteiger partial charge >= 0.3 is 0 Å². The zero-order chi connectivity index (χ0) is 24.1. The van der Waals surface area contributed by atoms with E-state index in [0.29, 0.717) is 17.5 Å². The van der Waals surface area contributed by atoms with Gasteiger partial charge in [0.05, 0.1) is 23.4 Å². The number of likely N-dealkylation sites (N-methyl/N-ethyl adjacent to an activating group) is 1. The van der Waals surface area contributed by atoms with E-state index in [1.54, 1.807) is 29.0 Å². The standard InChI is InChI=1S/C25H24F2N8/c1-3-17-5-6-23-30-31-24(35(23)32-17)8-19-21(26)9-22-20(25(19)27)7-15(10-28-22)16-11-29-34(12-16)18-13-33(4-2)14-18/h5-7,9-12,18H,3-4,8,13-14H2,1-2H3. The average molecular weight is 475 g/mol. The van der Waals surface area contributed by atoms with Crippen molar-refractivity contribution in [1.29, 1.82) is 0 Å². The molecule has 1 saturated heterocycles. The van der Waals surface area contributed by atoms with Crippen molar-refractivity contribution in [2.24, 2.45) is 0 Å². The van der Waals surface area contributed by atoms with E-state index in [0.717, 1.165) is 42.9 Å². The number of halogens is 2. The fourth-order valence-corrected chi connectivity index (χ4v) is 4.54. The zero-order valence-corrected chi connectivity index (χ0v) is 19.5. The molecule has 5 heterocycles. The second kappa shape index (κ2) is 8.46. The van der Waals surface area contributed by atoms with Crippen LogP contribution in [0, 0.1) is 11.6 Å². The van der Waals surface area contributed by atoms with Crippen LogP contribution in [-0.4, -0.2) is 59.1 Å². The minimum atomic E-state index is -0.670. The van der Waals surface area contributed by atoms with Gasteiger partial charge in [-0.3, -0.25) is 14.6 Å². The van der Waals surface area contributed by atoms with E-state index in [1.165, 1.54) is 6.07 Å². The fourth-order valence-electron chi connectivity index (χ4n) is 4.54. The summed E-state index contributed by atoms with van der Waals surface area (Å²) in [5, 5.41) is 17.4. The van der Waals surface area contributed by atoms with Crippen molar-refractivity contribution in [3.05, 3.63) is 71.6 Å². The summed E-state index contributed by atoms with van der Waals surface area (Å²) in [5.41, 5.74) is 3.13. The SMILES string of the molecule is CCc1ccc2nnc(Cc3c(F)cc4ncc(-c5cnn(C6CN(CC)C6)c5)cc4c3F)n2n1. The molecule has 10 heteroatoms. The molecule has 0 bridgehead atoms. The van der Waals surface area contributed by atoms with Crippen LogP contribution in [0.4, 0.5) is 8.78 Å². The highest BCUT2D eigenvalue weighted by molar-refractivity contribution is 5.84. The maximum absolute atomic E-state index is 15.7. The Morgan fingerprint density at radius 2 is 1.89 bits per heavy atom. The number of aromatic nitrogens is 7. The summed E-state index contributed by atoms with van der Waals surface area (Å²) in [7, 11) is 0. The van der Waals surface area contributed by atoms with Crippen LogP contribution in [-0.2, 0) is 12.8 Å². The van der Waals surface area contributed by atoms with Crippen LogP contribution in [0.5, 0.6) is 0 Å². The molecule has 5 aromatic rings. The molecule has 1 aliphatic heterocycles. The number of pyridine rings is 1. The predicted octanol–water partition coefficient (Wildman–Crippen LogP) is 3.84. The molecule has 0 atom stereocenters. The van der Waals surface area contributed by atoms with Crippen molar-refractivity contribution >= 4 is 16.6 Å². The number of rotatable bonds is 6. The lowest BCUT2D eigenvalue weighted by Crippen LogP contribution is -2.47. The van der Waals surface area contributed by atoms with E-state index in [4.69, 9.17) is 0 Å². The quantitative estimate of drug-likeness (QED) is 0.372. The van der Waals surface area contributed by atoms with Crippen LogP contribution in [0.3, 0.4) is 0 Å². The van der Waals surface area contributed by atoms with E-state index >= 15 is 4.39 Å². The summed E-state index contributed by atoms with van der Waals surface area (Å²) in [6, 6.07) is 6.98. The van der Waals surface area contributed by atoms with Gasteiger partial charge in [0.15, 0.2) is 11.5 Å². The molecule has 6 rings (SSSR count). The number of nitrogens with zero attached hydrogens (tertiary/aromatic N) is 8. The molecule has 0 saturated carbocycles.